The maximum atomic E-state index is 2.28. The van der Waals surface area contributed by atoms with Gasteiger partial charge in [0.25, 0.3) is 0 Å². The van der Waals surface area contributed by atoms with E-state index in [1.807, 2.05) is 41.5 Å². The minimum Gasteiger partial charge on any atom is -0.0683 e. The van der Waals surface area contributed by atoms with Crippen molar-refractivity contribution in [2.75, 3.05) is 0 Å². The molecule has 2 rings (SSSR count). The number of hydrogen-bond acceptors (Lipinski definition) is 0. The van der Waals surface area contributed by atoms with Gasteiger partial charge in [0.2, 0.25) is 0 Å². The fraction of sp³-hybridized carbons (Fsp3) is 0.538. The number of hydrogen-bond donors (Lipinski definition) is 0. The van der Waals surface area contributed by atoms with Crippen LogP contribution < -0.4 is 0 Å². The van der Waals surface area contributed by atoms with Gasteiger partial charge in [0.1, 0.15) is 0 Å². The molecule has 0 fully saturated rings. The zero-order valence-corrected chi connectivity index (χ0v) is 19.4. The van der Waals surface area contributed by atoms with Gasteiger partial charge in [-0.25, -0.2) is 0 Å². The average Bonchev–Trinajstić information content (AvgIpc) is 2.75. The van der Waals surface area contributed by atoms with Crippen molar-refractivity contribution in [1.29, 1.82) is 0 Å². The van der Waals surface area contributed by atoms with Crippen molar-refractivity contribution in [3.8, 4) is 0 Å². The van der Waals surface area contributed by atoms with Crippen LogP contribution in [0.15, 0.2) is 60.7 Å². The molecule has 0 saturated carbocycles. The lowest BCUT2D eigenvalue weighted by Crippen LogP contribution is -2.14. The van der Waals surface area contributed by atoms with Gasteiger partial charge in [-0.3, -0.25) is 0 Å². The molecule has 0 bridgehead atoms. The van der Waals surface area contributed by atoms with Crippen LogP contribution in [-0.2, 0) is 11.8 Å². The third kappa shape index (κ3) is 14.8. The molecule has 0 heterocycles. The van der Waals surface area contributed by atoms with Gasteiger partial charge in [-0.05, 0) is 29.4 Å². The average molecular weight is 359 g/mol. The van der Waals surface area contributed by atoms with Gasteiger partial charge < -0.3 is 0 Å². The smallest absolute Gasteiger partial charge is 0.0106 e. The van der Waals surface area contributed by atoms with Gasteiger partial charge in [-0.15, -0.1) is 0 Å². The molecule has 0 atom stereocenters. The first kappa shape index (κ1) is 29.2. The Kier molecular flexibility index (Phi) is 24.1. The third-order valence-corrected chi connectivity index (χ3v) is 3.82. The van der Waals surface area contributed by atoms with Crippen molar-refractivity contribution >= 4 is 0 Å². The molecule has 26 heavy (non-hydrogen) atoms. The topological polar surface area (TPSA) is 0 Å². The lowest BCUT2D eigenvalue weighted by atomic mass is 9.82. The predicted molar refractivity (Wildman–Crippen MR) is 124 cm³/mol. The van der Waals surface area contributed by atoms with Crippen LogP contribution in [0.3, 0.4) is 0 Å². The molecule has 0 aliphatic rings. The highest BCUT2D eigenvalue weighted by molar-refractivity contribution is 5.22. The van der Waals surface area contributed by atoms with Crippen molar-refractivity contribution in [1.82, 2.24) is 0 Å². The molecular weight excluding hydrogens is 312 g/mol. The van der Waals surface area contributed by atoms with Gasteiger partial charge >= 0.3 is 0 Å². The number of benzene rings is 2. The summed E-state index contributed by atoms with van der Waals surface area (Å²) in [5.41, 5.74) is 3.21. The SMILES string of the molecule is CC.CC.CC.CCC(C)(C)c1ccccc1.CCCc1ccccc1. The second-order valence-corrected chi connectivity index (χ2v) is 5.84. The summed E-state index contributed by atoms with van der Waals surface area (Å²) in [5, 5.41) is 0. The highest BCUT2D eigenvalue weighted by Gasteiger charge is 2.16. The standard InChI is InChI=1S/C11H16.C9H12.3C2H6/c1-4-11(2,3)10-8-6-5-7-9-10;1-2-6-9-7-4-3-5-8-9;3*1-2/h5-9H,4H2,1-3H3;3-5,7-8H,2,6H2,1H3;3*1-2H3. The Hall–Kier alpha value is -1.56. The molecule has 2 aromatic rings. The van der Waals surface area contributed by atoms with Crippen molar-refractivity contribution < 1.29 is 0 Å². The summed E-state index contributed by atoms with van der Waals surface area (Å²) < 4.78 is 0. The van der Waals surface area contributed by atoms with Crippen molar-refractivity contribution in [3.05, 3.63) is 71.8 Å². The normalized spacial score (nSPS) is 8.85. The minimum absolute atomic E-state index is 0.335. The van der Waals surface area contributed by atoms with Crippen LogP contribution >= 0.6 is 0 Å². The van der Waals surface area contributed by atoms with Crippen LogP contribution in [0.4, 0.5) is 0 Å². The Labute approximate surface area is 166 Å². The van der Waals surface area contributed by atoms with E-state index in [0.29, 0.717) is 5.41 Å². The summed E-state index contributed by atoms with van der Waals surface area (Å²) in [6.45, 7) is 21.0. The van der Waals surface area contributed by atoms with E-state index >= 15 is 0 Å². The van der Waals surface area contributed by atoms with E-state index in [-0.39, 0.29) is 0 Å². The van der Waals surface area contributed by atoms with Crippen molar-refractivity contribution in [2.24, 2.45) is 0 Å². The second kappa shape index (κ2) is 21.5. The molecule has 2 aromatic carbocycles. The van der Waals surface area contributed by atoms with Crippen LogP contribution in [0, 0.1) is 0 Å². The minimum atomic E-state index is 0.335. The van der Waals surface area contributed by atoms with E-state index in [1.165, 1.54) is 30.4 Å². The van der Waals surface area contributed by atoms with Gasteiger partial charge in [0, 0.05) is 0 Å². The molecular formula is C26H46. The molecule has 0 N–H and O–H groups in total. The number of aryl methyl sites for hydroxylation is 1. The molecule has 0 nitrogen and oxygen atoms in total. The molecule has 0 radical (unpaired) electrons. The zero-order chi connectivity index (χ0) is 20.8. The molecule has 0 amide bonds. The van der Waals surface area contributed by atoms with Crippen molar-refractivity contribution in [3.63, 3.8) is 0 Å². The largest absolute Gasteiger partial charge is 0.0683 e. The summed E-state index contributed by atoms with van der Waals surface area (Å²) in [5.74, 6) is 0. The molecule has 0 aliphatic heterocycles. The summed E-state index contributed by atoms with van der Waals surface area (Å²) in [7, 11) is 0. The Morgan fingerprint density at radius 3 is 1.35 bits per heavy atom. The molecule has 0 spiro atoms. The van der Waals surface area contributed by atoms with Gasteiger partial charge in [0.15, 0.2) is 0 Å². The van der Waals surface area contributed by atoms with Crippen LogP contribution in [0.2, 0.25) is 0 Å². The monoisotopic (exact) mass is 358 g/mol. The third-order valence-electron chi connectivity index (χ3n) is 3.82. The lowest BCUT2D eigenvalue weighted by Gasteiger charge is -2.22. The fourth-order valence-electron chi connectivity index (χ4n) is 2.03. The van der Waals surface area contributed by atoms with Crippen molar-refractivity contribution in [2.45, 2.75) is 93.9 Å². The molecule has 150 valence electrons. The predicted octanol–water partition coefficient (Wildman–Crippen LogP) is 9.09. The Balaban J connectivity index is -0.000000319. The quantitative estimate of drug-likeness (QED) is 0.511. The number of rotatable bonds is 4. The van der Waals surface area contributed by atoms with E-state index in [4.69, 9.17) is 0 Å². The van der Waals surface area contributed by atoms with Crippen LogP contribution in [0.5, 0.6) is 0 Å². The van der Waals surface area contributed by atoms with Crippen LogP contribution in [0.1, 0.15) is 93.2 Å². The second-order valence-electron chi connectivity index (χ2n) is 5.84. The lowest BCUT2D eigenvalue weighted by molar-refractivity contribution is 0.506. The Morgan fingerprint density at radius 1 is 0.615 bits per heavy atom. The first-order chi connectivity index (χ1) is 12.6. The van der Waals surface area contributed by atoms with Gasteiger partial charge in [0.05, 0.1) is 0 Å². The van der Waals surface area contributed by atoms with E-state index in [9.17, 15) is 0 Å². The molecule has 0 saturated heterocycles. The first-order valence-electron chi connectivity index (χ1n) is 10.7. The molecule has 0 aliphatic carbocycles. The molecule has 0 aromatic heterocycles. The van der Waals surface area contributed by atoms with Gasteiger partial charge in [-0.1, -0.05) is 136 Å². The van der Waals surface area contributed by atoms with E-state index in [0.717, 1.165) is 0 Å². The van der Waals surface area contributed by atoms with E-state index in [1.54, 1.807) is 0 Å². The summed E-state index contributed by atoms with van der Waals surface area (Å²) in [6, 6.07) is 21.2. The Morgan fingerprint density at radius 2 is 1.00 bits per heavy atom. The van der Waals surface area contributed by atoms with E-state index < -0.39 is 0 Å². The summed E-state index contributed by atoms with van der Waals surface area (Å²) in [6.07, 6.45) is 3.64. The van der Waals surface area contributed by atoms with E-state index in [2.05, 4.69) is 88.4 Å². The van der Waals surface area contributed by atoms with Gasteiger partial charge in [-0.2, -0.15) is 0 Å². The maximum absolute atomic E-state index is 2.28. The Bertz CT molecular complexity index is 454. The highest BCUT2D eigenvalue weighted by Crippen LogP contribution is 2.25. The van der Waals surface area contributed by atoms with Crippen LogP contribution in [0.25, 0.3) is 0 Å². The summed E-state index contributed by atoms with van der Waals surface area (Å²) >= 11 is 0. The molecule has 0 unspecified atom stereocenters. The zero-order valence-electron chi connectivity index (χ0n) is 19.4. The summed E-state index contributed by atoms with van der Waals surface area (Å²) in [4.78, 5) is 0. The first-order valence-corrected chi connectivity index (χ1v) is 10.7. The molecule has 0 heteroatoms. The maximum Gasteiger partial charge on any atom is -0.0106 e. The van der Waals surface area contributed by atoms with Crippen LogP contribution in [-0.4, -0.2) is 0 Å². The highest BCUT2D eigenvalue weighted by atomic mass is 14.2. The fourth-order valence-corrected chi connectivity index (χ4v) is 2.03.